The van der Waals surface area contributed by atoms with Crippen molar-refractivity contribution in [1.29, 1.82) is 0 Å². The first-order valence-electron chi connectivity index (χ1n) is 6.81. The number of aliphatic hydroxyl groups is 1. The Morgan fingerprint density at radius 2 is 2.05 bits per heavy atom. The van der Waals surface area contributed by atoms with Gasteiger partial charge in [0.05, 0.1) is 5.56 Å². The Labute approximate surface area is 117 Å². The third kappa shape index (κ3) is 2.82. The van der Waals surface area contributed by atoms with Crippen LogP contribution in [0.25, 0.3) is 0 Å². The Kier molecular flexibility index (Phi) is 4.38. The molecular weight excluding hydrogens is 264 g/mol. The second-order valence-electron chi connectivity index (χ2n) is 5.51. The molecule has 5 heteroatoms. The minimum Gasteiger partial charge on any atom is -0.396 e. The van der Waals surface area contributed by atoms with Crippen LogP contribution in [0.15, 0.2) is 12.1 Å². The first-order chi connectivity index (χ1) is 9.43. The number of halogens is 2. The third-order valence-corrected chi connectivity index (χ3v) is 3.98. The van der Waals surface area contributed by atoms with Gasteiger partial charge in [-0.15, -0.1) is 0 Å². The van der Waals surface area contributed by atoms with E-state index < -0.39 is 17.5 Å². The molecule has 0 bridgehead atoms. The lowest BCUT2D eigenvalue weighted by molar-refractivity contribution is 0.0484. The molecule has 1 heterocycles. The highest BCUT2D eigenvalue weighted by Crippen LogP contribution is 2.25. The number of benzene rings is 1. The van der Waals surface area contributed by atoms with Crippen LogP contribution in [-0.4, -0.2) is 35.1 Å². The number of carbonyl (C=O) groups is 1. The van der Waals surface area contributed by atoms with Gasteiger partial charge in [-0.1, -0.05) is 0 Å². The standard InChI is InChI=1S/C15H19F2NO2/c1-9-5-14(17)12(6-13(9)16)15(20)18-7-11(8-19)4-3-10(18)2/h5-6,10-11,19H,3-4,7-8H2,1-2H3. The summed E-state index contributed by atoms with van der Waals surface area (Å²) in [5, 5.41) is 9.21. The van der Waals surface area contributed by atoms with Gasteiger partial charge in [-0.2, -0.15) is 0 Å². The summed E-state index contributed by atoms with van der Waals surface area (Å²) in [4.78, 5) is 13.9. The van der Waals surface area contributed by atoms with Crippen molar-refractivity contribution < 1.29 is 18.7 Å². The Morgan fingerprint density at radius 3 is 2.70 bits per heavy atom. The highest BCUT2D eigenvalue weighted by atomic mass is 19.1. The number of aliphatic hydroxyl groups excluding tert-OH is 1. The van der Waals surface area contributed by atoms with Gasteiger partial charge in [-0.3, -0.25) is 4.79 Å². The van der Waals surface area contributed by atoms with Crippen LogP contribution in [0, 0.1) is 24.5 Å². The van der Waals surface area contributed by atoms with E-state index in [9.17, 15) is 18.7 Å². The van der Waals surface area contributed by atoms with Crippen LogP contribution in [0.5, 0.6) is 0 Å². The lowest BCUT2D eigenvalue weighted by Gasteiger charge is -2.37. The number of rotatable bonds is 2. The van der Waals surface area contributed by atoms with E-state index in [0.29, 0.717) is 6.54 Å². The quantitative estimate of drug-likeness (QED) is 0.906. The Bertz CT molecular complexity index is 519. The molecule has 0 spiro atoms. The average Bonchev–Trinajstić information content (AvgIpc) is 2.42. The molecule has 0 radical (unpaired) electrons. The minimum absolute atomic E-state index is 0.00123. The van der Waals surface area contributed by atoms with E-state index in [1.54, 1.807) is 0 Å². The molecule has 0 saturated carbocycles. The average molecular weight is 283 g/mol. The zero-order valence-corrected chi connectivity index (χ0v) is 11.7. The molecule has 2 atom stereocenters. The van der Waals surface area contributed by atoms with Crippen molar-refractivity contribution in [3.63, 3.8) is 0 Å². The van der Waals surface area contributed by atoms with E-state index in [0.717, 1.165) is 25.0 Å². The summed E-state index contributed by atoms with van der Waals surface area (Å²) in [5.41, 5.74) is -0.0579. The summed E-state index contributed by atoms with van der Waals surface area (Å²) in [6.45, 7) is 3.72. The van der Waals surface area contributed by atoms with E-state index >= 15 is 0 Å². The van der Waals surface area contributed by atoms with E-state index in [4.69, 9.17) is 0 Å². The monoisotopic (exact) mass is 283 g/mol. The van der Waals surface area contributed by atoms with Gasteiger partial charge in [0.25, 0.3) is 5.91 Å². The number of likely N-dealkylation sites (tertiary alicyclic amines) is 1. The summed E-state index contributed by atoms with van der Waals surface area (Å²) in [6.07, 6.45) is 1.60. The fourth-order valence-electron chi connectivity index (χ4n) is 2.58. The molecule has 1 saturated heterocycles. The molecule has 3 nitrogen and oxygen atoms in total. The number of amides is 1. The van der Waals surface area contributed by atoms with Crippen LogP contribution < -0.4 is 0 Å². The Balaban J connectivity index is 2.28. The van der Waals surface area contributed by atoms with Gasteiger partial charge in [0, 0.05) is 19.2 Å². The summed E-state index contributed by atoms with van der Waals surface area (Å²) < 4.78 is 27.4. The van der Waals surface area contributed by atoms with Crippen molar-refractivity contribution in [2.45, 2.75) is 32.7 Å². The number of nitrogens with zero attached hydrogens (tertiary/aromatic N) is 1. The van der Waals surface area contributed by atoms with Crippen molar-refractivity contribution in [3.05, 3.63) is 34.9 Å². The van der Waals surface area contributed by atoms with E-state index in [-0.39, 0.29) is 29.7 Å². The zero-order chi connectivity index (χ0) is 14.9. The smallest absolute Gasteiger partial charge is 0.257 e. The molecule has 1 aromatic carbocycles. The summed E-state index contributed by atoms with van der Waals surface area (Å²) >= 11 is 0. The van der Waals surface area contributed by atoms with Gasteiger partial charge in [-0.05, 0) is 50.3 Å². The molecule has 1 fully saturated rings. The molecule has 2 unspecified atom stereocenters. The predicted molar refractivity (Wildman–Crippen MR) is 71.4 cm³/mol. The Morgan fingerprint density at radius 1 is 1.35 bits per heavy atom. The number of carbonyl (C=O) groups excluding carboxylic acids is 1. The van der Waals surface area contributed by atoms with Gasteiger partial charge in [0.1, 0.15) is 11.6 Å². The molecule has 1 N–H and O–H groups in total. The molecule has 20 heavy (non-hydrogen) atoms. The molecule has 2 rings (SSSR count). The maximum absolute atomic E-state index is 13.9. The fraction of sp³-hybridized carbons (Fsp3) is 0.533. The van der Waals surface area contributed by atoms with Crippen LogP contribution in [0.3, 0.4) is 0 Å². The van der Waals surface area contributed by atoms with Gasteiger partial charge in [-0.25, -0.2) is 8.78 Å². The molecule has 1 aliphatic heterocycles. The molecule has 1 amide bonds. The van der Waals surface area contributed by atoms with Gasteiger partial charge >= 0.3 is 0 Å². The SMILES string of the molecule is Cc1cc(F)c(C(=O)N2CC(CO)CCC2C)cc1F. The third-order valence-electron chi connectivity index (χ3n) is 3.98. The van der Waals surface area contributed by atoms with Crippen LogP contribution in [0.1, 0.15) is 35.7 Å². The summed E-state index contributed by atoms with van der Waals surface area (Å²) in [5.74, 6) is -1.79. The maximum Gasteiger partial charge on any atom is 0.257 e. The fourth-order valence-corrected chi connectivity index (χ4v) is 2.58. The maximum atomic E-state index is 13.9. The second-order valence-corrected chi connectivity index (χ2v) is 5.51. The molecule has 0 aliphatic carbocycles. The largest absolute Gasteiger partial charge is 0.396 e. The van der Waals surface area contributed by atoms with Crippen molar-refractivity contribution in [2.75, 3.05) is 13.2 Å². The van der Waals surface area contributed by atoms with E-state index in [1.807, 2.05) is 6.92 Å². The van der Waals surface area contributed by atoms with Gasteiger partial charge in [0.2, 0.25) is 0 Å². The first-order valence-corrected chi connectivity index (χ1v) is 6.81. The van der Waals surface area contributed by atoms with Crippen molar-refractivity contribution >= 4 is 5.91 Å². The summed E-state index contributed by atoms with van der Waals surface area (Å²) in [7, 11) is 0. The Hall–Kier alpha value is -1.49. The highest BCUT2D eigenvalue weighted by Gasteiger charge is 2.30. The van der Waals surface area contributed by atoms with Gasteiger partial charge in [0.15, 0.2) is 0 Å². The zero-order valence-electron chi connectivity index (χ0n) is 11.7. The van der Waals surface area contributed by atoms with Crippen molar-refractivity contribution in [3.8, 4) is 0 Å². The molecule has 110 valence electrons. The van der Waals surface area contributed by atoms with Crippen molar-refractivity contribution in [2.24, 2.45) is 5.92 Å². The van der Waals surface area contributed by atoms with E-state index in [1.165, 1.54) is 11.8 Å². The van der Waals surface area contributed by atoms with Crippen LogP contribution in [-0.2, 0) is 0 Å². The highest BCUT2D eigenvalue weighted by molar-refractivity contribution is 5.94. The number of hydrogen-bond donors (Lipinski definition) is 1. The lowest BCUT2D eigenvalue weighted by Crippen LogP contribution is -2.46. The van der Waals surface area contributed by atoms with Crippen LogP contribution in [0.4, 0.5) is 8.78 Å². The lowest BCUT2D eigenvalue weighted by atomic mass is 9.93. The van der Waals surface area contributed by atoms with Gasteiger partial charge < -0.3 is 10.0 Å². The normalized spacial score (nSPS) is 22.9. The molecule has 1 aliphatic rings. The molecule has 0 aromatic heterocycles. The second kappa shape index (κ2) is 5.87. The number of piperidine rings is 1. The van der Waals surface area contributed by atoms with Crippen LogP contribution in [0.2, 0.25) is 0 Å². The van der Waals surface area contributed by atoms with E-state index in [2.05, 4.69) is 0 Å². The minimum atomic E-state index is -0.702. The predicted octanol–water partition coefficient (Wildman–Crippen LogP) is 2.51. The van der Waals surface area contributed by atoms with Crippen molar-refractivity contribution in [1.82, 2.24) is 4.90 Å². The topological polar surface area (TPSA) is 40.5 Å². The number of hydrogen-bond acceptors (Lipinski definition) is 2. The van der Waals surface area contributed by atoms with Crippen LogP contribution >= 0.6 is 0 Å². The molecular formula is C15H19F2NO2. The number of aryl methyl sites for hydroxylation is 1. The molecule has 1 aromatic rings. The summed E-state index contributed by atoms with van der Waals surface area (Å²) in [6, 6.07) is 1.97. The first kappa shape index (κ1) is 14.9.